The van der Waals surface area contributed by atoms with Gasteiger partial charge in [0, 0.05) is 4.99 Å². The largest absolute Gasteiger partial charge is 0.501 e. The average Bonchev–Trinajstić information content (AvgIpc) is 1.38. The van der Waals surface area contributed by atoms with E-state index < -0.39 is 0 Å². The molecule has 0 aliphatic carbocycles. The first-order valence-electron chi connectivity index (χ1n) is 0.919. The lowest BCUT2D eigenvalue weighted by atomic mass is 11.2. The highest BCUT2D eigenvalue weighted by Crippen LogP contribution is 1.99. The van der Waals surface area contributed by atoms with Crippen LogP contribution in [0, 0.1) is 0 Å². The molecule has 0 spiro atoms. The van der Waals surface area contributed by atoms with Crippen LogP contribution in [0.5, 0.6) is 0 Å². The second kappa shape index (κ2) is 2.72. The molecule has 0 saturated heterocycles. The minimum atomic E-state index is 0.109. The molecule has 30 valence electrons. The topological polar surface area (TPSA) is 20.2 Å². The number of aliphatic hydroxyl groups excluding tert-OH is 1. The van der Waals surface area contributed by atoms with Gasteiger partial charge < -0.3 is 5.11 Å². The van der Waals surface area contributed by atoms with Crippen molar-refractivity contribution < 1.29 is 5.11 Å². The normalized spacial score (nSPS) is 12.0. The Labute approximate surface area is 46.9 Å². The van der Waals surface area contributed by atoms with Crippen molar-refractivity contribution >= 4 is 31.9 Å². The highest BCUT2D eigenvalue weighted by molar-refractivity contribution is 9.13. The highest BCUT2D eigenvalue weighted by atomic mass is 79.9. The molecule has 0 saturated carbocycles. The third-order valence-corrected chi connectivity index (χ3v) is 1.37. The fourth-order valence-corrected chi connectivity index (χ4v) is 0. The lowest BCUT2D eigenvalue weighted by Crippen LogP contribution is -1.50. The van der Waals surface area contributed by atoms with E-state index >= 15 is 0 Å². The van der Waals surface area contributed by atoms with Crippen molar-refractivity contribution in [1.82, 2.24) is 0 Å². The monoisotopic (exact) mass is 200 g/mol. The Balaban J connectivity index is 3.14. The van der Waals surface area contributed by atoms with E-state index in [1.54, 1.807) is 0 Å². The molecule has 0 bridgehead atoms. The van der Waals surface area contributed by atoms with Crippen LogP contribution in [-0.4, -0.2) is 5.11 Å². The van der Waals surface area contributed by atoms with E-state index in [0.717, 1.165) is 0 Å². The summed E-state index contributed by atoms with van der Waals surface area (Å²) in [5, 5.41) is 8.09. The summed E-state index contributed by atoms with van der Waals surface area (Å²) < 4.78 is 0.109. The molecule has 0 aliphatic rings. The van der Waals surface area contributed by atoms with Gasteiger partial charge in [-0.1, -0.05) is 15.9 Å². The summed E-state index contributed by atoms with van der Waals surface area (Å²) in [6.07, 6.45) is 0. The molecule has 0 fully saturated rings. The van der Waals surface area contributed by atoms with E-state index in [1.165, 1.54) is 4.99 Å². The number of hydrogen-bond acceptors (Lipinski definition) is 1. The lowest BCUT2D eigenvalue weighted by molar-refractivity contribution is 0.462. The first kappa shape index (κ1) is 5.50. The summed E-state index contributed by atoms with van der Waals surface area (Å²) >= 11 is 5.60. The van der Waals surface area contributed by atoms with Gasteiger partial charge in [0.1, 0.15) is 0 Å². The summed E-state index contributed by atoms with van der Waals surface area (Å²) in [5.74, 6) is 0. The summed E-state index contributed by atoms with van der Waals surface area (Å²) in [6, 6.07) is 0. The van der Waals surface area contributed by atoms with Gasteiger partial charge in [-0.3, -0.25) is 0 Å². The van der Waals surface area contributed by atoms with Gasteiger partial charge in [0.2, 0.25) is 0 Å². The molecule has 0 radical (unpaired) electrons. The van der Waals surface area contributed by atoms with Crippen LogP contribution in [0.1, 0.15) is 0 Å². The smallest absolute Gasteiger partial charge is 0.166 e. The molecule has 0 heterocycles. The van der Waals surface area contributed by atoms with Gasteiger partial charge in [0.25, 0.3) is 0 Å². The zero-order chi connectivity index (χ0) is 4.28. The van der Waals surface area contributed by atoms with Crippen molar-refractivity contribution in [2.75, 3.05) is 0 Å². The van der Waals surface area contributed by atoms with E-state index in [-0.39, 0.29) is 4.67 Å². The first-order valence-corrected chi connectivity index (χ1v) is 2.63. The molecule has 0 unspecified atom stereocenters. The van der Waals surface area contributed by atoms with Crippen LogP contribution in [0.3, 0.4) is 0 Å². The fraction of sp³-hybridized carbons (Fsp3) is 0. The third kappa shape index (κ3) is 4.50. The van der Waals surface area contributed by atoms with Gasteiger partial charge in [-0.05, 0) is 15.9 Å². The number of aliphatic hydroxyl groups is 1. The van der Waals surface area contributed by atoms with Gasteiger partial charge in [-0.2, -0.15) is 0 Å². The van der Waals surface area contributed by atoms with E-state index in [4.69, 9.17) is 5.11 Å². The predicted molar refractivity (Wildman–Crippen MR) is 28.6 cm³/mol. The van der Waals surface area contributed by atoms with Crippen LogP contribution in [0.4, 0.5) is 0 Å². The molecule has 0 atom stereocenters. The Bertz CT molecular complexity index is 45.6. The minimum Gasteiger partial charge on any atom is -0.501 e. The Kier molecular flexibility index (Phi) is 2.99. The summed E-state index contributed by atoms with van der Waals surface area (Å²) in [4.78, 5) is 1.37. The molecule has 0 aliphatic heterocycles. The van der Waals surface area contributed by atoms with Gasteiger partial charge in [-0.25, -0.2) is 0 Å². The summed E-state index contributed by atoms with van der Waals surface area (Å²) in [5.41, 5.74) is 0. The van der Waals surface area contributed by atoms with E-state index in [1.807, 2.05) is 0 Å². The Morgan fingerprint density at radius 2 is 2.00 bits per heavy atom. The molecule has 5 heavy (non-hydrogen) atoms. The van der Waals surface area contributed by atoms with Crippen LogP contribution in [0.2, 0.25) is 0 Å². The standard InChI is InChI=1S/C2H2Br2O/c3-1-2(4)5/h1,5H. The average molecular weight is 202 g/mol. The predicted octanol–water partition coefficient (Wildman–Crippen LogP) is 2.13. The zero-order valence-electron chi connectivity index (χ0n) is 2.28. The molecule has 0 aromatic carbocycles. The lowest BCUT2D eigenvalue weighted by Gasteiger charge is -1.70. The Hall–Kier alpha value is 0.500. The SMILES string of the molecule is OC(Br)=CBr. The maximum atomic E-state index is 8.09. The maximum Gasteiger partial charge on any atom is 0.166 e. The van der Waals surface area contributed by atoms with E-state index in [0.29, 0.717) is 0 Å². The van der Waals surface area contributed by atoms with Crippen LogP contribution in [0.15, 0.2) is 9.65 Å². The second-order valence-corrected chi connectivity index (χ2v) is 1.70. The molecule has 1 N–H and O–H groups in total. The first-order chi connectivity index (χ1) is 2.27. The fourth-order valence-electron chi connectivity index (χ4n) is 0. The molecule has 0 rings (SSSR count). The van der Waals surface area contributed by atoms with Crippen LogP contribution in [0.25, 0.3) is 0 Å². The summed E-state index contributed by atoms with van der Waals surface area (Å²) in [7, 11) is 0. The highest BCUT2D eigenvalue weighted by Gasteiger charge is 1.68. The molecule has 0 aromatic heterocycles. The molecular formula is C2H2Br2O. The van der Waals surface area contributed by atoms with Crippen LogP contribution in [-0.2, 0) is 0 Å². The maximum absolute atomic E-state index is 8.09. The van der Waals surface area contributed by atoms with Crippen molar-refractivity contribution in [2.45, 2.75) is 0 Å². The van der Waals surface area contributed by atoms with Crippen molar-refractivity contribution in [3.8, 4) is 0 Å². The van der Waals surface area contributed by atoms with Gasteiger partial charge in [0.15, 0.2) is 4.67 Å². The molecule has 0 amide bonds. The molecular weight excluding hydrogens is 200 g/mol. The van der Waals surface area contributed by atoms with Crippen molar-refractivity contribution in [2.24, 2.45) is 0 Å². The number of halogens is 2. The second-order valence-electron chi connectivity index (χ2n) is 0.432. The minimum absolute atomic E-state index is 0.109. The molecule has 0 aromatic rings. The van der Waals surface area contributed by atoms with Gasteiger partial charge >= 0.3 is 0 Å². The third-order valence-electron chi connectivity index (χ3n) is 0.0900. The van der Waals surface area contributed by atoms with Gasteiger partial charge in [-0.15, -0.1) is 0 Å². The number of rotatable bonds is 0. The summed E-state index contributed by atoms with van der Waals surface area (Å²) in [6.45, 7) is 0. The Morgan fingerprint density at radius 3 is 2.00 bits per heavy atom. The molecule has 3 heteroatoms. The van der Waals surface area contributed by atoms with Crippen molar-refractivity contribution in [1.29, 1.82) is 0 Å². The van der Waals surface area contributed by atoms with E-state index in [2.05, 4.69) is 31.9 Å². The van der Waals surface area contributed by atoms with Gasteiger partial charge in [0.05, 0.1) is 0 Å². The quantitative estimate of drug-likeness (QED) is 0.596. The number of hydrogen-bond donors (Lipinski definition) is 1. The van der Waals surface area contributed by atoms with Crippen LogP contribution < -0.4 is 0 Å². The van der Waals surface area contributed by atoms with E-state index in [9.17, 15) is 0 Å². The zero-order valence-corrected chi connectivity index (χ0v) is 5.45. The van der Waals surface area contributed by atoms with Crippen LogP contribution >= 0.6 is 31.9 Å². The molecule has 1 nitrogen and oxygen atoms in total. The van der Waals surface area contributed by atoms with Crippen molar-refractivity contribution in [3.63, 3.8) is 0 Å². The Morgan fingerprint density at radius 1 is 1.80 bits per heavy atom. The van der Waals surface area contributed by atoms with Crippen molar-refractivity contribution in [3.05, 3.63) is 9.65 Å².